The van der Waals surface area contributed by atoms with Gasteiger partial charge in [0.05, 0.1) is 7.11 Å². The summed E-state index contributed by atoms with van der Waals surface area (Å²) >= 11 is 0. The van der Waals surface area contributed by atoms with E-state index >= 15 is 0 Å². The molecule has 31 heteroatoms. The topological polar surface area (TPSA) is 326 Å². The van der Waals surface area contributed by atoms with Crippen LogP contribution in [0.25, 0.3) is 0 Å². The van der Waals surface area contributed by atoms with Gasteiger partial charge in [0.15, 0.2) is 0 Å². The lowest BCUT2D eigenvalue weighted by molar-refractivity contribution is -0.129. The predicted octanol–water partition coefficient (Wildman–Crippen LogP) is 26.8. The van der Waals surface area contributed by atoms with Crippen LogP contribution in [0.3, 0.4) is 0 Å². The number of nitrogens with zero attached hydrogens (tertiary/aromatic N) is 9. The van der Waals surface area contributed by atoms with Crippen LogP contribution in [-0.2, 0) is 57.0 Å². The Morgan fingerprint density at radius 1 is 0.312 bits per heavy atom. The molecule has 0 N–H and O–H groups in total. The molecule has 1 aromatic rings. The minimum Gasteiger partial charge on any atom is -0.497 e. The van der Waals surface area contributed by atoms with Crippen LogP contribution in [0.1, 0.15) is 452 Å². The maximum absolute atomic E-state index is 12.3. The molecule has 14 rings (SSSR count). The van der Waals surface area contributed by atoms with Crippen LogP contribution in [0.4, 0.5) is 43.2 Å². The molecule has 0 aromatic heterocycles. The van der Waals surface area contributed by atoms with Gasteiger partial charge >= 0.3 is 54.8 Å². The molecule has 9 aliphatic heterocycles. The van der Waals surface area contributed by atoms with Gasteiger partial charge in [-0.05, 0) is 329 Å². The summed E-state index contributed by atoms with van der Waals surface area (Å²) < 4.78 is 55.2. The van der Waals surface area contributed by atoms with Crippen molar-refractivity contribution in [3.8, 4) is 5.75 Å². The van der Waals surface area contributed by atoms with Gasteiger partial charge in [0.1, 0.15) is 56.7 Å². The number of imide groups is 3. The predicted molar refractivity (Wildman–Crippen MR) is 561 cm³/mol. The first kappa shape index (κ1) is 124. The third-order valence-electron chi connectivity index (χ3n) is 32.2. The van der Waals surface area contributed by atoms with E-state index in [0.717, 1.165) is 289 Å². The molecule has 0 radical (unpaired) electrons. The Morgan fingerprint density at radius 3 is 0.910 bits per heavy atom. The first-order valence-corrected chi connectivity index (χ1v) is 56.6. The second kappa shape index (κ2) is 62.1. The molecule has 9 saturated heterocycles. The van der Waals surface area contributed by atoms with E-state index in [4.69, 9.17) is 47.4 Å². The lowest BCUT2D eigenvalue weighted by Crippen LogP contribution is -2.46. The van der Waals surface area contributed by atoms with E-state index in [2.05, 4.69) is 55.4 Å². The molecular weight excluding hydrogens is 1840 g/mol. The highest BCUT2D eigenvalue weighted by Gasteiger charge is 2.46. The number of hydrogen-bond donors (Lipinski definition) is 0. The van der Waals surface area contributed by atoms with Gasteiger partial charge in [0.25, 0.3) is 0 Å². The lowest BCUT2D eigenvalue weighted by atomic mass is 9.74. The number of carbonyl (C=O) groups is 12. The van der Waals surface area contributed by atoms with Crippen LogP contribution < -0.4 is 4.74 Å². The molecule has 1 atom stereocenters. The van der Waals surface area contributed by atoms with Crippen molar-refractivity contribution in [2.45, 2.75) is 491 Å². The highest BCUT2D eigenvalue weighted by atomic mass is 16.6. The summed E-state index contributed by atoms with van der Waals surface area (Å²) in [4.78, 5) is 156. The summed E-state index contributed by atoms with van der Waals surface area (Å²) in [6, 6.07) is 7.58. The van der Waals surface area contributed by atoms with Gasteiger partial charge in [-0.2, -0.15) is 0 Å². The molecule has 13 aliphatic rings. The lowest BCUT2D eigenvalue weighted by Gasteiger charge is -2.41. The van der Waals surface area contributed by atoms with E-state index in [0.29, 0.717) is 56.7 Å². The number of carbonyl (C=O) groups excluding carboxylic acids is 12. The normalized spacial score (nSPS) is 19.8. The molecule has 0 spiro atoms. The summed E-state index contributed by atoms with van der Waals surface area (Å²) in [5.41, 5.74) is -1.59. The van der Waals surface area contributed by atoms with Crippen molar-refractivity contribution in [1.29, 1.82) is 0 Å². The fourth-order valence-electron chi connectivity index (χ4n) is 21.3. The molecule has 13 fully saturated rings. The summed E-state index contributed by atoms with van der Waals surface area (Å²) in [7, 11) is 1.63. The van der Waals surface area contributed by atoms with Crippen LogP contribution >= 0.6 is 0 Å². The molecule has 824 valence electrons. The third-order valence-corrected chi connectivity index (χ3v) is 32.2. The highest BCUT2D eigenvalue weighted by molar-refractivity contribution is 5.95. The van der Waals surface area contributed by atoms with Crippen LogP contribution in [-0.4, -0.2) is 267 Å². The molecule has 144 heavy (non-hydrogen) atoms. The Hall–Kier alpha value is -8.54. The van der Waals surface area contributed by atoms with Gasteiger partial charge in [0, 0.05) is 117 Å². The highest BCUT2D eigenvalue weighted by Crippen LogP contribution is 2.43. The second-order valence-corrected chi connectivity index (χ2v) is 44.3. The number of benzene rings is 1. The Balaban J connectivity index is 0.000000249. The summed E-state index contributed by atoms with van der Waals surface area (Å²) in [5, 5.41) is 0. The molecule has 0 bridgehead atoms. The van der Waals surface area contributed by atoms with E-state index in [1.54, 1.807) is 21.8 Å². The number of rotatable bonds is 23. The molecule has 1 aromatic carbocycles. The Bertz CT molecular complexity index is 3940. The van der Waals surface area contributed by atoms with Gasteiger partial charge in [-0.15, -0.1) is 0 Å². The molecule has 12 amide bonds. The number of ether oxygens (including phenoxy) is 10. The Labute approximate surface area is 866 Å². The number of likely N-dealkylation sites (tertiary alicyclic amines) is 9. The number of amides is 12. The molecular formula is C113H195N9O22. The number of hydrogen-bond acceptors (Lipinski definition) is 22. The van der Waals surface area contributed by atoms with Crippen LogP contribution in [0.15, 0.2) is 24.3 Å². The smallest absolute Gasteiger partial charge is 0.417 e. The largest absolute Gasteiger partial charge is 0.497 e. The summed E-state index contributed by atoms with van der Waals surface area (Å²) in [6.45, 7) is 52.0. The molecule has 4 aliphatic carbocycles. The van der Waals surface area contributed by atoms with E-state index in [-0.39, 0.29) is 94.0 Å². The fraction of sp³-hybridized carbons (Fsp3) is 0.841. The zero-order chi connectivity index (χ0) is 106. The average molecular weight is 2030 g/mol. The van der Waals surface area contributed by atoms with Gasteiger partial charge in [-0.3, -0.25) is 14.4 Å². The number of methoxy groups -OCH3 is 1. The van der Waals surface area contributed by atoms with E-state index in [1.807, 2.05) is 122 Å². The molecule has 1 unspecified atom stereocenters. The zero-order valence-electron chi connectivity index (χ0n) is 93.5. The van der Waals surface area contributed by atoms with Crippen LogP contribution in [0.5, 0.6) is 5.75 Å². The minimum atomic E-state index is -0.465. The Kier molecular flexibility index (Phi) is 53.5. The summed E-state index contributed by atoms with van der Waals surface area (Å²) in [6.07, 6.45) is 46.1. The van der Waals surface area contributed by atoms with Crippen LogP contribution in [0, 0.1) is 17.8 Å². The SMILES string of the molecule is CC(C)(C)OC(=O)N1CCCC1.CC(C)(OC(=O)N1CCCC1)C1CCCCC1.CC(C)(OC(=O)N1CCCC1=O)C1CCCCC1.CCC(C)(C)OC(=O)N1CCCC1.CCC(CC)(CC)OC(=O)N1CCCC1.CCC(CC)(CC)OC(=O)N1CCCC1=O.CCC(CC)(OC(=O)N1CCCC1=O)C1CCCCC1.CCC1(OC(=O)N2CCCC2)CCCC1.COc1ccc(C(C)OC(=O)N2CCCC2)cc1. The Morgan fingerprint density at radius 2 is 0.604 bits per heavy atom. The van der Waals surface area contributed by atoms with Crippen molar-refractivity contribution in [2.75, 3.05) is 105 Å². The standard InChI is InChI=1S/C16H27NO3.C14H19NO3.C14H23NO3.C14H25NO2.C12H21NO3.C12H21NO2.C12H23NO2.C10H19NO2.C9H17NO2/c1-3-16(4-2,13-9-6-5-7-10-13)20-15(19)17-12-8-11-14(17)18;1-11(12-5-7-13(17-2)8-6-12)18-14(16)15-9-3-4-10-15;1-14(2,11-7-4-3-5-8-11)18-13(17)15-10-6-9-12(15)16;1-14(2,12-8-4-3-5-9-12)17-13(16)15-10-6-7-11-15;1-4-12(5-2,6-3)16-11(15)13-9-7-8-10(13)14;1-2-12(7-3-4-8-12)15-11(14)13-9-5-6-10-13;1-4-12(5-2,6-3)15-11(14)13-9-7-8-10-13;1-4-10(2,3)13-9(12)11-7-5-6-8-11;1-9(2,3)12-8(11)10-6-4-5-7-10/h13H,3-12H2,1-2H3;5-8,11H,3-4,9-10H2,1-2H3;11H,3-10H2,1-2H3;12H,3-11H2,1-2H3;4-9H2,1-3H3;2-10H2,1H3;4-10H2,1-3H3;4-8H2,1-3H3;4-7H2,1-3H3. The van der Waals surface area contributed by atoms with Gasteiger partial charge < -0.3 is 76.8 Å². The average Bonchev–Trinajstić information content (AvgIpc) is 1.17. The second-order valence-electron chi connectivity index (χ2n) is 44.3. The summed E-state index contributed by atoms with van der Waals surface area (Å²) in [5.74, 6) is 1.93. The maximum atomic E-state index is 12.3. The molecule has 4 saturated carbocycles. The van der Waals surface area contributed by atoms with Gasteiger partial charge in [-0.25, -0.2) is 57.9 Å². The van der Waals surface area contributed by atoms with Gasteiger partial charge in [0.2, 0.25) is 17.7 Å². The first-order valence-electron chi connectivity index (χ1n) is 56.6. The van der Waals surface area contributed by atoms with Crippen molar-refractivity contribution in [2.24, 2.45) is 17.8 Å². The molecule has 9 heterocycles. The van der Waals surface area contributed by atoms with E-state index < -0.39 is 29.5 Å². The van der Waals surface area contributed by atoms with E-state index in [9.17, 15) is 57.5 Å². The monoisotopic (exact) mass is 2030 g/mol. The van der Waals surface area contributed by atoms with E-state index in [1.165, 1.54) is 98.2 Å². The van der Waals surface area contributed by atoms with Crippen molar-refractivity contribution in [3.63, 3.8) is 0 Å². The van der Waals surface area contributed by atoms with Crippen molar-refractivity contribution in [3.05, 3.63) is 29.8 Å². The van der Waals surface area contributed by atoms with Crippen molar-refractivity contribution in [1.82, 2.24) is 44.1 Å². The zero-order valence-corrected chi connectivity index (χ0v) is 93.5. The fourth-order valence-corrected chi connectivity index (χ4v) is 21.3. The maximum Gasteiger partial charge on any atom is 0.417 e. The quantitative estimate of drug-likeness (QED) is 0.0919. The van der Waals surface area contributed by atoms with Gasteiger partial charge in [-0.1, -0.05) is 139 Å². The van der Waals surface area contributed by atoms with Crippen LogP contribution in [0.2, 0.25) is 0 Å². The minimum absolute atomic E-state index is 0.0729. The first-order chi connectivity index (χ1) is 68.5. The van der Waals surface area contributed by atoms with Crippen molar-refractivity contribution < 1.29 is 105 Å². The molecule has 31 nitrogen and oxygen atoms in total. The third kappa shape index (κ3) is 40.5. The van der Waals surface area contributed by atoms with Crippen molar-refractivity contribution >= 4 is 72.6 Å².